The van der Waals surface area contributed by atoms with Crippen LogP contribution in [0.3, 0.4) is 0 Å². The molecule has 0 aliphatic carbocycles. The molecule has 0 aliphatic heterocycles. The van der Waals surface area contributed by atoms with Crippen molar-refractivity contribution < 1.29 is 22.7 Å². The van der Waals surface area contributed by atoms with Crippen molar-refractivity contribution in [2.75, 3.05) is 38.4 Å². The topological polar surface area (TPSA) is 120 Å². The van der Waals surface area contributed by atoms with E-state index in [1.807, 2.05) is 31.1 Å². The van der Waals surface area contributed by atoms with E-state index in [0.717, 1.165) is 9.99 Å². The predicted octanol–water partition coefficient (Wildman–Crippen LogP) is 2.79. The van der Waals surface area contributed by atoms with Crippen LogP contribution in [0.5, 0.6) is 0 Å². The average molecular weight is 485 g/mol. The summed E-state index contributed by atoms with van der Waals surface area (Å²) in [5, 5.41) is 12.0. The number of hydrogen-bond acceptors (Lipinski definition) is 7. The van der Waals surface area contributed by atoms with Gasteiger partial charge < -0.3 is 15.0 Å². The average Bonchev–Trinajstić information content (AvgIpc) is 2.78. The van der Waals surface area contributed by atoms with Crippen molar-refractivity contribution in [3.05, 3.63) is 59.2 Å². The summed E-state index contributed by atoms with van der Waals surface area (Å²) in [4.78, 5) is 27.0. The lowest BCUT2D eigenvalue weighted by Crippen LogP contribution is -2.30. The SMILES string of the molecule is Cc1ccc(S(=O)(=O)N(C)C)cc1NC(=O)C(C)OC(=O)/C(C#N)=C/c1ccc(N(C)C)cc1. The molecule has 0 heterocycles. The number of nitrogens with zero attached hydrogens (tertiary/aromatic N) is 3. The molecule has 2 aromatic rings. The van der Waals surface area contributed by atoms with E-state index >= 15 is 0 Å². The Morgan fingerprint density at radius 3 is 2.24 bits per heavy atom. The number of nitrogens with one attached hydrogen (secondary N) is 1. The summed E-state index contributed by atoms with van der Waals surface area (Å²) in [6, 6.07) is 13.4. The van der Waals surface area contributed by atoms with Crippen molar-refractivity contribution in [2.24, 2.45) is 0 Å². The van der Waals surface area contributed by atoms with Crippen LogP contribution in [-0.2, 0) is 24.3 Å². The van der Waals surface area contributed by atoms with Crippen LogP contribution in [0.15, 0.2) is 52.9 Å². The van der Waals surface area contributed by atoms with Gasteiger partial charge in [0.15, 0.2) is 6.10 Å². The van der Waals surface area contributed by atoms with Crippen molar-refractivity contribution in [1.29, 1.82) is 5.26 Å². The zero-order chi connectivity index (χ0) is 25.6. The number of aryl methyl sites for hydroxylation is 1. The van der Waals surface area contributed by atoms with E-state index in [1.54, 1.807) is 31.2 Å². The van der Waals surface area contributed by atoms with Crippen LogP contribution in [0.1, 0.15) is 18.1 Å². The van der Waals surface area contributed by atoms with E-state index in [1.165, 1.54) is 39.2 Å². The number of carbonyl (C=O) groups is 2. The summed E-state index contributed by atoms with van der Waals surface area (Å²) in [5.74, 6) is -1.61. The smallest absolute Gasteiger partial charge is 0.349 e. The van der Waals surface area contributed by atoms with Gasteiger partial charge in [-0.15, -0.1) is 0 Å². The first-order chi connectivity index (χ1) is 15.9. The monoisotopic (exact) mass is 484 g/mol. The Labute approximate surface area is 200 Å². The molecule has 0 bridgehead atoms. The van der Waals surface area contributed by atoms with Gasteiger partial charge in [-0.25, -0.2) is 17.5 Å². The Morgan fingerprint density at radius 1 is 1.09 bits per heavy atom. The minimum Gasteiger partial charge on any atom is -0.448 e. The third kappa shape index (κ3) is 6.43. The van der Waals surface area contributed by atoms with Gasteiger partial charge in [0.05, 0.1) is 4.90 Å². The van der Waals surface area contributed by atoms with Crippen LogP contribution < -0.4 is 10.2 Å². The number of carbonyl (C=O) groups excluding carboxylic acids is 2. The minimum absolute atomic E-state index is 0.0121. The molecule has 0 radical (unpaired) electrons. The molecule has 0 aliphatic rings. The molecular weight excluding hydrogens is 456 g/mol. The maximum Gasteiger partial charge on any atom is 0.349 e. The number of nitriles is 1. The van der Waals surface area contributed by atoms with Crippen molar-refractivity contribution in [3.63, 3.8) is 0 Å². The molecule has 1 atom stereocenters. The van der Waals surface area contributed by atoms with E-state index in [9.17, 15) is 23.3 Å². The number of rotatable bonds is 8. The largest absolute Gasteiger partial charge is 0.448 e. The highest BCUT2D eigenvalue weighted by Crippen LogP contribution is 2.22. The summed E-state index contributed by atoms with van der Waals surface area (Å²) >= 11 is 0. The predicted molar refractivity (Wildman–Crippen MR) is 131 cm³/mol. The highest BCUT2D eigenvalue weighted by atomic mass is 32.2. The Bertz CT molecular complexity index is 1240. The Hall–Kier alpha value is -3.68. The zero-order valence-electron chi connectivity index (χ0n) is 20.0. The van der Waals surface area contributed by atoms with Gasteiger partial charge in [0, 0.05) is 39.6 Å². The standard InChI is InChI=1S/C24H28N4O5S/c1-16-7-12-21(34(31,32)28(5)6)14-22(16)26-23(29)17(2)33-24(30)19(15-25)13-18-8-10-20(11-9-18)27(3)4/h7-14,17H,1-6H3,(H,26,29)/b19-13+. The van der Waals surface area contributed by atoms with E-state index in [2.05, 4.69) is 5.32 Å². The van der Waals surface area contributed by atoms with Gasteiger partial charge in [-0.05, 0) is 55.3 Å². The van der Waals surface area contributed by atoms with Gasteiger partial charge in [-0.2, -0.15) is 5.26 Å². The summed E-state index contributed by atoms with van der Waals surface area (Å²) in [5.41, 5.74) is 2.23. The minimum atomic E-state index is -3.69. The Morgan fingerprint density at radius 2 is 1.71 bits per heavy atom. The van der Waals surface area contributed by atoms with E-state index in [-0.39, 0.29) is 16.2 Å². The second-order valence-corrected chi connectivity index (χ2v) is 10.1. The Balaban J connectivity index is 2.14. The molecule has 1 amide bonds. The molecule has 2 aromatic carbocycles. The van der Waals surface area contributed by atoms with Gasteiger partial charge in [-0.3, -0.25) is 4.79 Å². The van der Waals surface area contributed by atoms with E-state index in [4.69, 9.17) is 4.74 Å². The first-order valence-electron chi connectivity index (χ1n) is 10.3. The normalized spacial score (nSPS) is 12.6. The van der Waals surface area contributed by atoms with Crippen molar-refractivity contribution in [1.82, 2.24) is 4.31 Å². The zero-order valence-corrected chi connectivity index (χ0v) is 20.8. The summed E-state index contributed by atoms with van der Waals surface area (Å²) in [6.45, 7) is 3.07. The van der Waals surface area contributed by atoms with Crippen LogP contribution in [-0.4, -0.2) is 58.9 Å². The molecule has 10 heteroatoms. The van der Waals surface area contributed by atoms with E-state index in [0.29, 0.717) is 11.1 Å². The quantitative estimate of drug-likeness (QED) is 0.347. The van der Waals surface area contributed by atoms with Gasteiger partial charge in [0.2, 0.25) is 10.0 Å². The van der Waals surface area contributed by atoms with Crippen LogP contribution >= 0.6 is 0 Å². The fourth-order valence-corrected chi connectivity index (χ4v) is 3.72. The van der Waals surface area contributed by atoms with Crippen LogP contribution in [0.2, 0.25) is 0 Å². The lowest BCUT2D eigenvalue weighted by Gasteiger charge is -2.16. The lowest BCUT2D eigenvalue weighted by molar-refractivity contribution is -0.148. The van der Waals surface area contributed by atoms with Crippen LogP contribution in [0.4, 0.5) is 11.4 Å². The fraction of sp³-hybridized carbons (Fsp3) is 0.292. The number of esters is 1. The van der Waals surface area contributed by atoms with Gasteiger partial charge in [-0.1, -0.05) is 18.2 Å². The highest BCUT2D eigenvalue weighted by Gasteiger charge is 2.23. The van der Waals surface area contributed by atoms with Crippen molar-refractivity contribution >= 4 is 39.4 Å². The number of amides is 1. The second-order valence-electron chi connectivity index (χ2n) is 7.96. The summed E-state index contributed by atoms with van der Waals surface area (Å²) in [7, 11) is 2.92. The number of ether oxygens (including phenoxy) is 1. The van der Waals surface area contributed by atoms with Gasteiger partial charge in [0.25, 0.3) is 5.91 Å². The molecule has 34 heavy (non-hydrogen) atoms. The highest BCUT2D eigenvalue weighted by molar-refractivity contribution is 7.89. The molecular formula is C24H28N4O5S. The first-order valence-corrected chi connectivity index (χ1v) is 11.7. The van der Waals surface area contributed by atoms with Crippen LogP contribution in [0, 0.1) is 18.3 Å². The molecule has 1 N–H and O–H groups in total. The summed E-state index contributed by atoms with van der Waals surface area (Å²) < 4.78 is 31.0. The lowest BCUT2D eigenvalue weighted by atomic mass is 10.1. The van der Waals surface area contributed by atoms with Crippen molar-refractivity contribution in [3.8, 4) is 6.07 Å². The number of sulfonamides is 1. The molecule has 1 unspecified atom stereocenters. The number of anilines is 2. The maximum absolute atomic E-state index is 12.6. The molecule has 2 rings (SSSR count). The third-order valence-electron chi connectivity index (χ3n) is 4.96. The molecule has 9 nitrogen and oxygen atoms in total. The van der Waals surface area contributed by atoms with Gasteiger partial charge >= 0.3 is 5.97 Å². The van der Waals surface area contributed by atoms with Crippen molar-refractivity contribution in [2.45, 2.75) is 24.8 Å². The molecule has 0 aromatic heterocycles. The molecule has 180 valence electrons. The maximum atomic E-state index is 12.6. The second kappa shape index (κ2) is 11.0. The molecule has 0 fully saturated rings. The number of benzene rings is 2. The third-order valence-corrected chi connectivity index (χ3v) is 6.77. The fourth-order valence-electron chi connectivity index (χ4n) is 2.79. The summed E-state index contributed by atoms with van der Waals surface area (Å²) in [6.07, 6.45) is 0.153. The molecule has 0 saturated heterocycles. The van der Waals surface area contributed by atoms with Crippen LogP contribution in [0.25, 0.3) is 6.08 Å². The first kappa shape index (κ1) is 26.6. The molecule has 0 spiro atoms. The van der Waals surface area contributed by atoms with Gasteiger partial charge in [0.1, 0.15) is 11.6 Å². The number of hydrogen-bond donors (Lipinski definition) is 1. The molecule has 0 saturated carbocycles. The Kier molecular flexibility index (Phi) is 8.57. The van der Waals surface area contributed by atoms with E-state index < -0.39 is 28.0 Å².